The molecule has 0 bridgehead atoms. The van der Waals surface area contributed by atoms with Gasteiger partial charge < -0.3 is 15.5 Å². The Morgan fingerprint density at radius 1 is 1.08 bits per heavy atom. The highest BCUT2D eigenvalue weighted by molar-refractivity contribution is 5.96. The van der Waals surface area contributed by atoms with Gasteiger partial charge in [-0.2, -0.15) is 13.2 Å². The minimum Gasteiger partial charge on any atom is -0.399 e. The van der Waals surface area contributed by atoms with Gasteiger partial charge in [-0.05, 0) is 37.7 Å². The minimum absolute atomic E-state index is 0. The molecule has 0 radical (unpaired) electrons. The molecule has 0 unspecified atom stereocenters. The van der Waals surface area contributed by atoms with Gasteiger partial charge in [0.2, 0.25) is 0 Å². The number of hydrogen-bond donors (Lipinski definition) is 1. The molecule has 4 nitrogen and oxygen atoms in total. The van der Waals surface area contributed by atoms with Crippen LogP contribution in [0.2, 0.25) is 0 Å². The van der Waals surface area contributed by atoms with Crippen molar-refractivity contribution in [3.05, 3.63) is 29.3 Å². The molecule has 152 valence electrons. The lowest BCUT2D eigenvalue weighted by Crippen LogP contribution is -2.40. The highest BCUT2D eigenvalue weighted by Gasteiger charge is 2.29. The minimum atomic E-state index is -4.29. The molecule has 2 N–H and O–H groups in total. The van der Waals surface area contributed by atoms with E-state index in [-0.39, 0.29) is 37.9 Å². The quantitative estimate of drug-likeness (QED) is 0.646. The molecule has 0 aromatic heterocycles. The van der Waals surface area contributed by atoms with Crippen molar-refractivity contribution in [1.82, 2.24) is 9.80 Å². The number of rotatable bonds is 8. The van der Waals surface area contributed by atoms with E-state index in [0.29, 0.717) is 23.4 Å². The predicted molar refractivity (Wildman–Crippen MR) is 104 cm³/mol. The topological polar surface area (TPSA) is 49.6 Å². The zero-order valence-corrected chi connectivity index (χ0v) is 16.9. The number of amides is 1. The first-order valence-electron chi connectivity index (χ1n) is 8.12. The third kappa shape index (κ3) is 8.96. The molecule has 26 heavy (non-hydrogen) atoms. The number of carbonyl (C=O) groups is 1. The molecule has 0 aliphatic carbocycles. The maximum absolute atomic E-state index is 12.7. The molecule has 0 atom stereocenters. The highest BCUT2D eigenvalue weighted by atomic mass is 35.5. The van der Waals surface area contributed by atoms with E-state index in [9.17, 15) is 18.0 Å². The molecule has 0 spiro atoms. The molecule has 9 heteroatoms. The van der Waals surface area contributed by atoms with Crippen LogP contribution in [0.25, 0.3) is 0 Å². The fourth-order valence-corrected chi connectivity index (χ4v) is 2.42. The summed E-state index contributed by atoms with van der Waals surface area (Å²) in [5.41, 5.74) is 7.20. The second-order valence-electron chi connectivity index (χ2n) is 5.76. The van der Waals surface area contributed by atoms with Crippen LogP contribution in [0.15, 0.2) is 18.2 Å². The fraction of sp³-hybridized carbons (Fsp3) is 0.588. The van der Waals surface area contributed by atoms with Gasteiger partial charge in [0.1, 0.15) is 0 Å². The summed E-state index contributed by atoms with van der Waals surface area (Å²) in [6.45, 7) is 7.73. The SMILES string of the molecule is CCN(CC)CCN(CCC(F)(F)F)C(=O)c1cc(N)ccc1C.Cl.Cl. The Kier molecular flexibility index (Phi) is 12.7. The van der Waals surface area contributed by atoms with Crippen molar-refractivity contribution < 1.29 is 18.0 Å². The van der Waals surface area contributed by atoms with Crippen LogP contribution in [-0.2, 0) is 0 Å². The standard InChI is InChI=1S/C17H26F3N3O.2ClH/c1-4-22(5-2)10-11-23(9-8-17(18,19)20)16(24)15-12-14(21)7-6-13(15)3;;/h6-7,12H,4-5,8-11,21H2,1-3H3;2*1H. The van der Waals surface area contributed by atoms with Gasteiger partial charge in [-0.25, -0.2) is 0 Å². The molecular weight excluding hydrogens is 390 g/mol. The third-order valence-electron chi connectivity index (χ3n) is 4.03. The molecule has 0 saturated carbocycles. The van der Waals surface area contributed by atoms with Crippen molar-refractivity contribution in [3.63, 3.8) is 0 Å². The number of nitrogens with zero attached hydrogens (tertiary/aromatic N) is 2. The average molecular weight is 418 g/mol. The number of anilines is 1. The molecule has 0 saturated heterocycles. The number of aryl methyl sites for hydroxylation is 1. The summed E-state index contributed by atoms with van der Waals surface area (Å²) in [5.74, 6) is -0.406. The summed E-state index contributed by atoms with van der Waals surface area (Å²) in [6.07, 6.45) is -5.31. The molecule has 0 heterocycles. The first-order chi connectivity index (χ1) is 11.2. The molecule has 0 aliphatic rings. The lowest BCUT2D eigenvalue weighted by Gasteiger charge is -2.27. The molecule has 1 rings (SSSR count). The van der Waals surface area contributed by atoms with Crippen LogP contribution in [0.4, 0.5) is 18.9 Å². The van der Waals surface area contributed by atoms with E-state index in [0.717, 1.165) is 13.1 Å². The molecule has 1 amide bonds. The molecule has 1 aromatic rings. The number of benzene rings is 1. The largest absolute Gasteiger partial charge is 0.399 e. The Morgan fingerprint density at radius 3 is 2.15 bits per heavy atom. The Hall–Kier alpha value is -1.18. The van der Waals surface area contributed by atoms with Crippen LogP contribution in [0.1, 0.15) is 36.2 Å². The Morgan fingerprint density at radius 2 is 1.65 bits per heavy atom. The summed E-state index contributed by atoms with van der Waals surface area (Å²) in [5, 5.41) is 0. The normalized spacial score (nSPS) is 10.9. The van der Waals surface area contributed by atoms with Gasteiger partial charge in [0.15, 0.2) is 0 Å². The zero-order chi connectivity index (χ0) is 18.3. The number of halogens is 5. The number of hydrogen-bond acceptors (Lipinski definition) is 3. The highest BCUT2D eigenvalue weighted by Crippen LogP contribution is 2.21. The van der Waals surface area contributed by atoms with Gasteiger partial charge in [0.05, 0.1) is 6.42 Å². The number of alkyl halides is 3. The van der Waals surface area contributed by atoms with Crippen molar-refractivity contribution in [3.8, 4) is 0 Å². The second-order valence-corrected chi connectivity index (χ2v) is 5.76. The van der Waals surface area contributed by atoms with Gasteiger partial charge >= 0.3 is 6.18 Å². The summed E-state index contributed by atoms with van der Waals surface area (Å²) in [4.78, 5) is 16.0. The summed E-state index contributed by atoms with van der Waals surface area (Å²) >= 11 is 0. The van der Waals surface area contributed by atoms with E-state index >= 15 is 0 Å². The summed E-state index contributed by atoms with van der Waals surface area (Å²) in [7, 11) is 0. The number of likely N-dealkylation sites (N-methyl/N-ethyl adjacent to an activating group) is 1. The first kappa shape index (κ1) is 27.0. The van der Waals surface area contributed by atoms with E-state index in [2.05, 4.69) is 4.90 Å². The van der Waals surface area contributed by atoms with Crippen LogP contribution < -0.4 is 5.73 Å². The van der Waals surface area contributed by atoms with Crippen molar-refractivity contribution in [2.75, 3.05) is 38.5 Å². The maximum Gasteiger partial charge on any atom is 0.390 e. The predicted octanol–water partition coefficient (Wildman–Crippen LogP) is 4.16. The van der Waals surface area contributed by atoms with E-state index in [1.165, 1.54) is 11.0 Å². The van der Waals surface area contributed by atoms with Crippen molar-refractivity contribution in [1.29, 1.82) is 0 Å². The number of nitrogen functional groups attached to an aromatic ring is 1. The second kappa shape index (κ2) is 12.3. The van der Waals surface area contributed by atoms with Crippen LogP contribution in [-0.4, -0.2) is 54.6 Å². The van der Waals surface area contributed by atoms with Crippen LogP contribution in [0, 0.1) is 6.92 Å². The lowest BCUT2D eigenvalue weighted by atomic mass is 10.1. The van der Waals surface area contributed by atoms with Gasteiger partial charge in [0.25, 0.3) is 5.91 Å². The van der Waals surface area contributed by atoms with Gasteiger partial charge in [-0.1, -0.05) is 19.9 Å². The van der Waals surface area contributed by atoms with Crippen molar-refractivity contribution >= 4 is 36.4 Å². The fourth-order valence-electron chi connectivity index (χ4n) is 2.42. The van der Waals surface area contributed by atoms with Gasteiger partial charge in [-0.3, -0.25) is 4.79 Å². The third-order valence-corrected chi connectivity index (χ3v) is 4.03. The maximum atomic E-state index is 12.7. The van der Waals surface area contributed by atoms with Crippen LogP contribution in [0.3, 0.4) is 0 Å². The monoisotopic (exact) mass is 417 g/mol. The molecular formula is C17H28Cl2F3N3O. The van der Waals surface area contributed by atoms with Crippen molar-refractivity contribution in [2.45, 2.75) is 33.4 Å². The van der Waals surface area contributed by atoms with Crippen LogP contribution in [0.5, 0.6) is 0 Å². The first-order valence-corrected chi connectivity index (χ1v) is 8.12. The van der Waals surface area contributed by atoms with E-state index in [1.54, 1.807) is 19.1 Å². The summed E-state index contributed by atoms with van der Waals surface area (Å²) in [6, 6.07) is 4.90. The van der Waals surface area contributed by atoms with E-state index in [4.69, 9.17) is 5.73 Å². The van der Waals surface area contributed by atoms with Crippen LogP contribution >= 0.6 is 24.8 Å². The Labute approximate surface area is 165 Å². The zero-order valence-electron chi connectivity index (χ0n) is 15.3. The lowest BCUT2D eigenvalue weighted by molar-refractivity contribution is -0.136. The number of carbonyl (C=O) groups excluding carboxylic acids is 1. The number of nitrogens with two attached hydrogens (primary N) is 1. The van der Waals surface area contributed by atoms with Gasteiger partial charge in [-0.15, -0.1) is 24.8 Å². The molecule has 0 fully saturated rings. The molecule has 1 aromatic carbocycles. The smallest absolute Gasteiger partial charge is 0.390 e. The van der Waals surface area contributed by atoms with Crippen molar-refractivity contribution in [2.24, 2.45) is 0 Å². The van der Waals surface area contributed by atoms with Gasteiger partial charge in [0, 0.05) is 30.9 Å². The Bertz CT molecular complexity index is 553. The Balaban J connectivity index is 0. The summed E-state index contributed by atoms with van der Waals surface area (Å²) < 4.78 is 37.8. The average Bonchev–Trinajstić information content (AvgIpc) is 2.51. The van der Waals surface area contributed by atoms with E-state index in [1.807, 2.05) is 13.8 Å². The molecule has 0 aliphatic heterocycles. The van der Waals surface area contributed by atoms with E-state index < -0.39 is 18.5 Å².